The normalized spacial score (nSPS) is 9.56. The average molecular weight is 220 g/mol. The molecule has 5 nitrogen and oxygen atoms in total. The van der Waals surface area contributed by atoms with Crippen LogP contribution in [0, 0.1) is 12.3 Å². The third kappa shape index (κ3) is 4.45. The van der Waals surface area contributed by atoms with Crippen LogP contribution in [-0.4, -0.2) is 18.4 Å². The maximum atomic E-state index is 11.3. The van der Waals surface area contributed by atoms with E-state index in [0.717, 1.165) is 11.3 Å². The first kappa shape index (κ1) is 12.0. The van der Waals surface area contributed by atoms with Crippen molar-refractivity contribution in [3.63, 3.8) is 0 Å². The summed E-state index contributed by atoms with van der Waals surface area (Å²) in [6.07, 6.45) is 0.362. The van der Waals surface area contributed by atoms with Crippen LogP contribution in [0.15, 0.2) is 24.3 Å². The Morgan fingerprint density at radius 1 is 1.38 bits per heavy atom. The Hall–Kier alpha value is -2.04. The molecule has 0 bridgehead atoms. The summed E-state index contributed by atoms with van der Waals surface area (Å²) in [4.78, 5) is 11.3. The molecule has 0 aliphatic heterocycles. The van der Waals surface area contributed by atoms with Gasteiger partial charge in [-0.3, -0.25) is 5.41 Å². The van der Waals surface area contributed by atoms with Gasteiger partial charge in [0.1, 0.15) is 0 Å². The van der Waals surface area contributed by atoms with Gasteiger partial charge in [-0.25, -0.2) is 4.79 Å². The van der Waals surface area contributed by atoms with E-state index in [2.05, 4.69) is 10.6 Å². The molecule has 0 fully saturated rings. The third-order valence-electron chi connectivity index (χ3n) is 1.99. The second kappa shape index (κ2) is 5.75. The first-order valence-electron chi connectivity index (χ1n) is 5.02. The first-order chi connectivity index (χ1) is 7.58. The third-order valence-corrected chi connectivity index (χ3v) is 1.99. The molecule has 0 saturated carbocycles. The molecule has 0 aliphatic rings. The fraction of sp³-hybridized carbons (Fsp3) is 0.273. The number of nitrogens with one attached hydrogen (secondary N) is 3. The average Bonchev–Trinajstić information content (AvgIpc) is 2.21. The smallest absolute Gasteiger partial charge is 0.319 e. The predicted molar refractivity (Wildman–Crippen MR) is 64.7 cm³/mol. The van der Waals surface area contributed by atoms with Gasteiger partial charge in [-0.15, -0.1) is 0 Å². The van der Waals surface area contributed by atoms with Crippen molar-refractivity contribution in [2.45, 2.75) is 13.3 Å². The summed E-state index contributed by atoms with van der Waals surface area (Å²) in [5.41, 5.74) is 7.04. The topological polar surface area (TPSA) is 91.0 Å². The van der Waals surface area contributed by atoms with Crippen molar-refractivity contribution in [1.82, 2.24) is 5.32 Å². The van der Waals surface area contributed by atoms with E-state index in [4.69, 9.17) is 11.1 Å². The highest BCUT2D eigenvalue weighted by atomic mass is 16.2. The molecule has 0 saturated heterocycles. The zero-order chi connectivity index (χ0) is 12.0. The van der Waals surface area contributed by atoms with Crippen LogP contribution < -0.4 is 16.4 Å². The minimum absolute atomic E-state index is 0.0654. The molecule has 0 spiro atoms. The Kier molecular flexibility index (Phi) is 4.32. The standard InChI is InChI=1S/C11H16N4O/c1-8-2-4-9(5-3-8)15-11(16)14-7-6-10(12)13/h2-5H,6-7H2,1H3,(H3,12,13)(H2,14,15,16). The van der Waals surface area contributed by atoms with Crippen LogP contribution in [-0.2, 0) is 0 Å². The number of carbonyl (C=O) groups excluding carboxylic acids is 1. The summed E-state index contributed by atoms with van der Waals surface area (Å²) in [6, 6.07) is 7.22. The highest BCUT2D eigenvalue weighted by Gasteiger charge is 2.00. The number of benzene rings is 1. The van der Waals surface area contributed by atoms with Gasteiger partial charge >= 0.3 is 6.03 Å². The maximum absolute atomic E-state index is 11.3. The highest BCUT2D eigenvalue weighted by molar-refractivity contribution is 5.89. The van der Waals surface area contributed by atoms with E-state index in [9.17, 15) is 4.79 Å². The number of rotatable bonds is 4. The summed E-state index contributed by atoms with van der Waals surface area (Å²) in [5, 5.41) is 12.3. The number of aryl methyl sites for hydroxylation is 1. The molecule has 1 rings (SSSR count). The largest absolute Gasteiger partial charge is 0.388 e. The highest BCUT2D eigenvalue weighted by Crippen LogP contribution is 2.07. The lowest BCUT2D eigenvalue weighted by Gasteiger charge is -2.07. The molecule has 0 atom stereocenters. The van der Waals surface area contributed by atoms with Crippen LogP contribution in [0.5, 0.6) is 0 Å². The monoisotopic (exact) mass is 220 g/mol. The number of carbonyl (C=O) groups is 1. The molecular weight excluding hydrogens is 204 g/mol. The number of amides is 2. The number of nitrogens with two attached hydrogens (primary N) is 1. The molecule has 5 heteroatoms. The van der Waals surface area contributed by atoms with Gasteiger partial charge < -0.3 is 16.4 Å². The van der Waals surface area contributed by atoms with Crippen LogP contribution >= 0.6 is 0 Å². The van der Waals surface area contributed by atoms with Gasteiger partial charge in [0.2, 0.25) is 0 Å². The van der Waals surface area contributed by atoms with Gasteiger partial charge in [-0.1, -0.05) is 17.7 Å². The minimum Gasteiger partial charge on any atom is -0.388 e. The number of hydrogen-bond acceptors (Lipinski definition) is 2. The van der Waals surface area contributed by atoms with Gasteiger partial charge in [0.15, 0.2) is 0 Å². The summed E-state index contributed by atoms with van der Waals surface area (Å²) < 4.78 is 0. The van der Waals surface area contributed by atoms with Crippen LogP contribution in [0.1, 0.15) is 12.0 Å². The van der Waals surface area contributed by atoms with Gasteiger partial charge in [-0.05, 0) is 19.1 Å². The molecule has 86 valence electrons. The van der Waals surface area contributed by atoms with Crippen molar-refractivity contribution in [3.8, 4) is 0 Å². The molecule has 5 N–H and O–H groups in total. The van der Waals surface area contributed by atoms with Gasteiger partial charge in [0.05, 0.1) is 5.84 Å². The van der Waals surface area contributed by atoms with Crippen molar-refractivity contribution in [3.05, 3.63) is 29.8 Å². The SMILES string of the molecule is Cc1ccc(NC(=O)NCCC(=N)N)cc1. The Morgan fingerprint density at radius 2 is 2.00 bits per heavy atom. The van der Waals surface area contributed by atoms with Gasteiger partial charge in [0.25, 0.3) is 0 Å². The molecule has 0 aromatic heterocycles. The number of urea groups is 1. The van der Waals surface area contributed by atoms with E-state index in [1.54, 1.807) is 0 Å². The minimum atomic E-state index is -0.287. The van der Waals surface area contributed by atoms with E-state index in [0.29, 0.717) is 13.0 Å². The molecule has 1 aromatic rings. The Balaban J connectivity index is 2.34. The summed E-state index contributed by atoms with van der Waals surface area (Å²) in [5.74, 6) is 0.0654. The van der Waals surface area contributed by atoms with Crippen LogP contribution in [0.25, 0.3) is 0 Å². The molecule has 0 aliphatic carbocycles. The van der Waals surface area contributed by atoms with E-state index < -0.39 is 0 Å². The summed E-state index contributed by atoms with van der Waals surface area (Å²) in [6.45, 7) is 2.35. The predicted octanol–water partition coefficient (Wildman–Crippen LogP) is 1.44. The van der Waals surface area contributed by atoms with Crippen molar-refractivity contribution in [2.24, 2.45) is 5.73 Å². The molecule has 0 heterocycles. The fourth-order valence-electron chi connectivity index (χ4n) is 1.12. The van der Waals surface area contributed by atoms with Crippen molar-refractivity contribution >= 4 is 17.6 Å². The summed E-state index contributed by atoms with van der Waals surface area (Å²) >= 11 is 0. The van der Waals surface area contributed by atoms with Gasteiger partial charge in [-0.2, -0.15) is 0 Å². The molecular formula is C11H16N4O. The zero-order valence-electron chi connectivity index (χ0n) is 9.21. The zero-order valence-corrected chi connectivity index (χ0v) is 9.21. The number of anilines is 1. The Bertz CT molecular complexity index is 372. The maximum Gasteiger partial charge on any atom is 0.319 e. The number of amidine groups is 1. The molecule has 2 amide bonds. The molecule has 0 unspecified atom stereocenters. The quantitative estimate of drug-likeness (QED) is 0.457. The van der Waals surface area contributed by atoms with Gasteiger partial charge in [0, 0.05) is 18.7 Å². The van der Waals surface area contributed by atoms with Crippen LogP contribution in [0.4, 0.5) is 10.5 Å². The lowest BCUT2D eigenvalue weighted by molar-refractivity contribution is 0.252. The van der Waals surface area contributed by atoms with Crippen molar-refractivity contribution < 1.29 is 4.79 Å². The second-order valence-corrected chi connectivity index (χ2v) is 3.52. The van der Waals surface area contributed by atoms with Crippen molar-refractivity contribution in [2.75, 3.05) is 11.9 Å². The molecule has 0 radical (unpaired) electrons. The van der Waals surface area contributed by atoms with E-state index >= 15 is 0 Å². The van der Waals surface area contributed by atoms with Crippen LogP contribution in [0.3, 0.4) is 0 Å². The molecule has 16 heavy (non-hydrogen) atoms. The second-order valence-electron chi connectivity index (χ2n) is 3.52. The van der Waals surface area contributed by atoms with E-state index in [1.807, 2.05) is 31.2 Å². The Morgan fingerprint density at radius 3 is 2.56 bits per heavy atom. The van der Waals surface area contributed by atoms with Crippen molar-refractivity contribution in [1.29, 1.82) is 5.41 Å². The summed E-state index contributed by atoms with van der Waals surface area (Å²) in [7, 11) is 0. The number of hydrogen-bond donors (Lipinski definition) is 4. The molecule has 1 aromatic carbocycles. The van der Waals surface area contributed by atoms with E-state index in [-0.39, 0.29) is 11.9 Å². The van der Waals surface area contributed by atoms with E-state index in [1.165, 1.54) is 0 Å². The lowest BCUT2D eigenvalue weighted by atomic mass is 10.2. The lowest BCUT2D eigenvalue weighted by Crippen LogP contribution is -2.31. The first-order valence-corrected chi connectivity index (χ1v) is 5.02. The van der Waals surface area contributed by atoms with Crippen LogP contribution in [0.2, 0.25) is 0 Å². The fourth-order valence-corrected chi connectivity index (χ4v) is 1.12. The Labute approximate surface area is 94.5 Å².